The van der Waals surface area contributed by atoms with Gasteiger partial charge in [0.1, 0.15) is 0 Å². The van der Waals surface area contributed by atoms with E-state index in [9.17, 15) is 9.59 Å². The van der Waals surface area contributed by atoms with Gasteiger partial charge in [-0.25, -0.2) is 4.79 Å². The maximum atomic E-state index is 12.3. The molecule has 2 rings (SSSR count). The molecule has 2 aromatic heterocycles. The first-order valence-electron chi connectivity index (χ1n) is 8.03. The molecule has 3 amide bonds. The molecule has 0 spiro atoms. The molecule has 0 aromatic carbocycles. The molecule has 136 valence electrons. The van der Waals surface area contributed by atoms with E-state index in [4.69, 9.17) is 10.2 Å². The second-order valence-corrected chi connectivity index (χ2v) is 7.53. The van der Waals surface area contributed by atoms with Crippen LogP contribution >= 0.6 is 11.8 Å². The monoisotopic (exact) mass is 365 g/mol. The third-order valence-electron chi connectivity index (χ3n) is 3.35. The molecule has 0 fully saturated rings. The number of amides is 3. The summed E-state index contributed by atoms with van der Waals surface area (Å²) in [5.41, 5.74) is 5.06. The summed E-state index contributed by atoms with van der Waals surface area (Å²) in [6.07, 6.45) is 1.58. The number of aromatic nitrogens is 3. The summed E-state index contributed by atoms with van der Waals surface area (Å²) in [7, 11) is 0. The molecule has 9 heteroatoms. The van der Waals surface area contributed by atoms with E-state index in [2.05, 4.69) is 29.4 Å². The normalized spacial score (nSPS) is 12.6. The maximum Gasteiger partial charge on any atom is 0.318 e. The number of nitrogens with zero attached hydrogens (tertiary/aromatic N) is 3. The Labute approximate surface area is 150 Å². The fraction of sp³-hybridized carbons (Fsp3) is 0.500. The average molecular weight is 365 g/mol. The molecule has 2 aromatic rings. The van der Waals surface area contributed by atoms with Crippen molar-refractivity contribution < 1.29 is 14.0 Å². The zero-order chi connectivity index (χ0) is 18.6. The Balaban J connectivity index is 2.33. The largest absolute Gasteiger partial charge is 0.461 e. The molecule has 2 heterocycles. The van der Waals surface area contributed by atoms with Gasteiger partial charge < -0.3 is 10.2 Å². The van der Waals surface area contributed by atoms with E-state index in [0.717, 1.165) is 0 Å². The average Bonchev–Trinajstić information content (AvgIpc) is 3.12. The van der Waals surface area contributed by atoms with Crippen molar-refractivity contribution in [1.82, 2.24) is 20.1 Å². The van der Waals surface area contributed by atoms with Crippen LogP contribution < -0.4 is 11.1 Å². The number of hydrogen-bond acceptors (Lipinski definition) is 6. The molecule has 25 heavy (non-hydrogen) atoms. The van der Waals surface area contributed by atoms with Gasteiger partial charge in [0.15, 0.2) is 16.7 Å². The van der Waals surface area contributed by atoms with Gasteiger partial charge in [0.2, 0.25) is 5.91 Å². The summed E-state index contributed by atoms with van der Waals surface area (Å²) in [6, 6.07) is 2.74. The van der Waals surface area contributed by atoms with Crippen LogP contribution in [0.4, 0.5) is 4.79 Å². The summed E-state index contributed by atoms with van der Waals surface area (Å²) in [5, 5.41) is 10.7. The van der Waals surface area contributed by atoms with E-state index in [1.807, 2.05) is 24.5 Å². The Morgan fingerprint density at radius 1 is 1.32 bits per heavy atom. The predicted molar refractivity (Wildman–Crippen MR) is 94.8 cm³/mol. The lowest BCUT2D eigenvalue weighted by molar-refractivity contribution is -0.120. The summed E-state index contributed by atoms with van der Waals surface area (Å²) in [6.45, 7) is 8.64. The number of nitrogens with two attached hydrogens (primary N) is 1. The number of imide groups is 1. The highest BCUT2D eigenvalue weighted by atomic mass is 32.2. The van der Waals surface area contributed by atoms with E-state index in [-0.39, 0.29) is 5.92 Å². The molecule has 0 saturated heterocycles. The van der Waals surface area contributed by atoms with Crippen LogP contribution in [0.25, 0.3) is 11.6 Å². The molecule has 0 aliphatic carbocycles. The molecule has 0 radical (unpaired) electrons. The van der Waals surface area contributed by atoms with Crippen LogP contribution in [0.1, 0.15) is 27.7 Å². The number of furan rings is 1. The SMILES string of the molecule is CC(C)Cn1c(SC(C(=O)NC(N)=O)C(C)C)nnc1-c1ccco1. The molecule has 0 bridgehead atoms. The van der Waals surface area contributed by atoms with E-state index in [1.54, 1.807) is 12.3 Å². The molecule has 1 atom stereocenters. The number of nitrogens with one attached hydrogen (secondary N) is 1. The number of carbonyl (C=O) groups excluding carboxylic acids is 2. The molecular weight excluding hydrogens is 342 g/mol. The van der Waals surface area contributed by atoms with Crippen LogP contribution in [-0.2, 0) is 11.3 Å². The highest BCUT2D eigenvalue weighted by Gasteiger charge is 2.28. The molecule has 3 N–H and O–H groups in total. The van der Waals surface area contributed by atoms with Crippen molar-refractivity contribution in [3.8, 4) is 11.6 Å². The molecule has 1 unspecified atom stereocenters. The Kier molecular flexibility index (Phi) is 6.24. The van der Waals surface area contributed by atoms with Gasteiger partial charge in [-0.05, 0) is 24.0 Å². The topological polar surface area (TPSA) is 116 Å². The number of rotatable bonds is 7. The van der Waals surface area contributed by atoms with Crippen molar-refractivity contribution in [1.29, 1.82) is 0 Å². The van der Waals surface area contributed by atoms with Gasteiger partial charge in [-0.2, -0.15) is 0 Å². The van der Waals surface area contributed by atoms with Crippen molar-refractivity contribution in [3.05, 3.63) is 18.4 Å². The van der Waals surface area contributed by atoms with Crippen molar-refractivity contribution in [2.24, 2.45) is 17.6 Å². The minimum Gasteiger partial charge on any atom is -0.461 e. The number of thioether (sulfide) groups is 1. The fourth-order valence-corrected chi connectivity index (χ4v) is 3.33. The van der Waals surface area contributed by atoms with Gasteiger partial charge >= 0.3 is 6.03 Å². The van der Waals surface area contributed by atoms with Crippen molar-refractivity contribution in [2.45, 2.75) is 44.6 Å². The second-order valence-electron chi connectivity index (χ2n) is 6.42. The van der Waals surface area contributed by atoms with Crippen molar-refractivity contribution in [3.63, 3.8) is 0 Å². The first-order chi connectivity index (χ1) is 11.8. The van der Waals surface area contributed by atoms with Gasteiger partial charge in [0.25, 0.3) is 0 Å². The molecule has 0 aliphatic rings. The quantitative estimate of drug-likeness (QED) is 0.728. The van der Waals surface area contributed by atoms with Crippen molar-refractivity contribution >= 4 is 23.7 Å². The van der Waals surface area contributed by atoms with E-state index in [0.29, 0.717) is 29.2 Å². The van der Waals surface area contributed by atoms with Gasteiger partial charge in [0, 0.05) is 6.54 Å². The standard InChI is InChI=1S/C16H23N5O3S/c1-9(2)8-21-13(11-6-5-7-24-11)19-20-16(21)25-12(10(3)4)14(22)18-15(17)23/h5-7,9-10,12H,8H2,1-4H3,(H3,17,18,22,23). The zero-order valence-electron chi connectivity index (χ0n) is 14.7. The molecule has 8 nitrogen and oxygen atoms in total. The smallest absolute Gasteiger partial charge is 0.318 e. The fourth-order valence-electron chi connectivity index (χ4n) is 2.29. The maximum absolute atomic E-state index is 12.3. The zero-order valence-corrected chi connectivity index (χ0v) is 15.5. The molecular formula is C16H23N5O3S. The number of hydrogen-bond donors (Lipinski definition) is 2. The minimum atomic E-state index is -0.865. The number of carbonyl (C=O) groups is 2. The van der Waals surface area contributed by atoms with Crippen LogP contribution in [0.3, 0.4) is 0 Å². The molecule has 0 saturated carbocycles. The predicted octanol–water partition coefficient (Wildman–Crippen LogP) is 2.51. The highest BCUT2D eigenvalue weighted by Crippen LogP contribution is 2.31. The third kappa shape index (κ3) is 4.85. The Morgan fingerprint density at radius 2 is 2.04 bits per heavy atom. The molecule has 0 aliphatic heterocycles. The minimum absolute atomic E-state index is 0.0272. The van der Waals surface area contributed by atoms with Crippen LogP contribution in [-0.4, -0.2) is 32.0 Å². The third-order valence-corrected chi connectivity index (χ3v) is 4.87. The summed E-state index contributed by atoms with van der Waals surface area (Å²) in [4.78, 5) is 23.3. The van der Waals surface area contributed by atoms with Crippen LogP contribution in [0.2, 0.25) is 0 Å². The summed E-state index contributed by atoms with van der Waals surface area (Å²) < 4.78 is 7.37. The highest BCUT2D eigenvalue weighted by molar-refractivity contribution is 8.00. The summed E-state index contributed by atoms with van der Waals surface area (Å²) >= 11 is 1.26. The first-order valence-corrected chi connectivity index (χ1v) is 8.91. The Morgan fingerprint density at radius 3 is 2.56 bits per heavy atom. The second kappa shape index (κ2) is 8.19. The lowest BCUT2D eigenvalue weighted by Gasteiger charge is -2.19. The van der Waals surface area contributed by atoms with Gasteiger partial charge in [0.05, 0.1) is 11.5 Å². The number of urea groups is 1. The van der Waals surface area contributed by atoms with Crippen LogP contribution in [0.15, 0.2) is 28.0 Å². The van der Waals surface area contributed by atoms with Crippen molar-refractivity contribution in [2.75, 3.05) is 0 Å². The number of primary amides is 1. The van der Waals surface area contributed by atoms with E-state index >= 15 is 0 Å². The van der Waals surface area contributed by atoms with E-state index in [1.165, 1.54) is 11.8 Å². The van der Waals surface area contributed by atoms with Crippen LogP contribution in [0.5, 0.6) is 0 Å². The van der Waals surface area contributed by atoms with Crippen LogP contribution in [0, 0.1) is 11.8 Å². The van der Waals surface area contributed by atoms with Gasteiger partial charge in [-0.3, -0.25) is 14.7 Å². The van der Waals surface area contributed by atoms with Gasteiger partial charge in [-0.15, -0.1) is 10.2 Å². The first kappa shape index (κ1) is 19.0. The lowest BCUT2D eigenvalue weighted by atomic mass is 10.1. The summed E-state index contributed by atoms with van der Waals surface area (Å²) in [5.74, 6) is 1.11. The Hall–Kier alpha value is -2.29. The van der Waals surface area contributed by atoms with E-state index < -0.39 is 17.2 Å². The Bertz CT molecular complexity index is 724. The lowest BCUT2D eigenvalue weighted by Crippen LogP contribution is -2.42. The van der Waals surface area contributed by atoms with Gasteiger partial charge in [-0.1, -0.05) is 39.5 Å².